The molecule has 0 radical (unpaired) electrons. The summed E-state index contributed by atoms with van der Waals surface area (Å²) in [4.78, 5) is 35.6. The third-order valence-corrected chi connectivity index (χ3v) is 8.11. The molecule has 1 amide bonds. The molecule has 3 aromatic carbocycles. The van der Waals surface area contributed by atoms with Crippen molar-refractivity contribution in [2.24, 2.45) is 0 Å². The lowest BCUT2D eigenvalue weighted by Crippen LogP contribution is -2.35. The maximum atomic E-state index is 13.4. The lowest BCUT2D eigenvalue weighted by Gasteiger charge is -2.24. The molecule has 0 aliphatic carbocycles. The number of benzene rings is 3. The Morgan fingerprint density at radius 3 is 2.51 bits per heavy atom. The summed E-state index contributed by atoms with van der Waals surface area (Å²) in [6.07, 6.45) is 0.574. The van der Waals surface area contributed by atoms with Gasteiger partial charge >= 0.3 is 5.97 Å². The van der Waals surface area contributed by atoms with E-state index in [1.54, 1.807) is 26.0 Å². The van der Waals surface area contributed by atoms with Crippen molar-refractivity contribution in [3.05, 3.63) is 93.0 Å². The molecule has 0 saturated carbocycles. The minimum Gasteiger partial charge on any atom is -0.452 e. The monoisotopic (exact) mass is 523 g/mol. The molecular weight excluding hydrogens is 498 g/mol. The fourth-order valence-electron chi connectivity index (χ4n) is 4.25. The Balaban J connectivity index is 1.48. The van der Waals surface area contributed by atoms with E-state index < -0.39 is 33.4 Å². The van der Waals surface area contributed by atoms with Gasteiger partial charge in [-0.25, -0.2) is 13.2 Å². The maximum absolute atomic E-state index is 13.4. The molecule has 192 valence electrons. The summed E-state index contributed by atoms with van der Waals surface area (Å²) in [7, 11) is -3.97. The largest absolute Gasteiger partial charge is 0.452 e. The zero-order chi connectivity index (χ0) is 26.9. The highest BCUT2D eigenvalue weighted by molar-refractivity contribution is 7.92. The minimum absolute atomic E-state index is 0.0118. The van der Waals surface area contributed by atoms with Crippen LogP contribution in [0, 0.1) is 24.0 Å². The summed E-state index contributed by atoms with van der Waals surface area (Å²) in [5, 5.41) is 13.7. The van der Waals surface area contributed by atoms with Crippen molar-refractivity contribution in [2.75, 3.05) is 16.2 Å². The second-order valence-corrected chi connectivity index (χ2v) is 10.7. The fourth-order valence-corrected chi connectivity index (χ4v) is 5.99. The number of hydrogen-bond donors (Lipinski definition) is 1. The molecule has 0 bridgehead atoms. The molecule has 0 fully saturated rings. The number of esters is 1. The van der Waals surface area contributed by atoms with Crippen molar-refractivity contribution in [2.45, 2.75) is 38.1 Å². The number of carbonyl (C=O) groups is 2. The standard InChI is InChI=1S/C26H25N3O7S/c1-16-11-22(24(29(32)33)12-17(16)2)27-25(30)15-36-26(31)20-8-6-9-21(14-20)37(34,35)28-18(3)13-19-7-4-5-10-23(19)28/h4-12,14,18H,13,15H2,1-3H3,(H,27,30)/t18-/m1/s1. The molecule has 10 nitrogen and oxygen atoms in total. The van der Waals surface area contributed by atoms with Gasteiger partial charge in [-0.05, 0) is 74.2 Å². The van der Waals surface area contributed by atoms with Gasteiger partial charge in [-0.15, -0.1) is 0 Å². The van der Waals surface area contributed by atoms with Gasteiger partial charge in [-0.3, -0.25) is 19.2 Å². The van der Waals surface area contributed by atoms with Gasteiger partial charge in [0.1, 0.15) is 5.69 Å². The van der Waals surface area contributed by atoms with Gasteiger partial charge in [0.25, 0.3) is 21.6 Å². The number of anilines is 2. The van der Waals surface area contributed by atoms with Crippen molar-refractivity contribution in [3.8, 4) is 0 Å². The molecule has 0 unspecified atom stereocenters. The van der Waals surface area contributed by atoms with Gasteiger partial charge in [-0.2, -0.15) is 0 Å². The minimum atomic E-state index is -3.97. The second-order valence-electron chi connectivity index (χ2n) is 8.85. The summed E-state index contributed by atoms with van der Waals surface area (Å²) in [6.45, 7) is 4.56. The number of ether oxygens (including phenoxy) is 1. The van der Waals surface area contributed by atoms with E-state index in [1.807, 2.05) is 19.1 Å². The van der Waals surface area contributed by atoms with Crippen molar-refractivity contribution < 1.29 is 27.7 Å². The van der Waals surface area contributed by atoms with Crippen LogP contribution in [-0.2, 0) is 26.0 Å². The predicted molar refractivity (Wildman–Crippen MR) is 137 cm³/mol. The number of nitro groups is 1. The maximum Gasteiger partial charge on any atom is 0.338 e. The molecule has 1 atom stereocenters. The van der Waals surface area contributed by atoms with Gasteiger partial charge < -0.3 is 10.1 Å². The van der Waals surface area contributed by atoms with E-state index in [-0.39, 0.29) is 27.9 Å². The number of nitro benzene ring substituents is 1. The Kier molecular flexibility index (Phi) is 6.99. The van der Waals surface area contributed by atoms with Gasteiger partial charge in [-0.1, -0.05) is 24.3 Å². The molecule has 11 heteroatoms. The summed E-state index contributed by atoms with van der Waals surface area (Å²) in [5.74, 6) is -1.68. The van der Waals surface area contributed by atoms with E-state index in [4.69, 9.17) is 4.74 Å². The smallest absolute Gasteiger partial charge is 0.338 e. The molecule has 1 N–H and O–H groups in total. The third kappa shape index (κ3) is 5.17. The van der Waals surface area contributed by atoms with Crippen LogP contribution < -0.4 is 9.62 Å². The third-order valence-electron chi connectivity index (χ3n) is 6.19. The van der Waals surface area contributed by atoms with Crippen molar-refractivity contribution in [1.82, 2.24) is 0 Å². The molecular formula is C26H25N3O7S. The van der Waals surface area contributed by atoms with Crippen molar-refractivity contribution >= 4 is 39.0 Å². The molecule has 37 heavy (non-hydrogen) atoms. The summed E-state index contributed by atoms with van der Waals surface area (Å²) in [5.41, 5.74) is 2.61. The number of carbonyl (C=O) groups excluding carboxylic acids is 2. The zero-order valence-corrected chi connectivity index (χ0v) is 21.2. The van der Waals surface area contributed by atoms with E-state index in [1.165, 1.54) is 40.7 Å². The van der Waals surface area contributed by atoms with Crippen LogP contribution in [0.3, 0.4) is 0 Å². The topological polar surface area (TPSA) is 136 Å². The number of amides is 1. The molecule has 0 spiro atoms. The number of aryl methyl sites for hydroxylation is 2. The van der Waals surface area contributed by atoms with Crippen molar-refractivity contribution in [1.29, 1.82) is 0 Å². The van der Waals surface area contributed by atoms with Crippen LogP contribution >= 0.6 is 0 Å². The van der Waals surface area contributed by atoms with Gasteiger partial charge in [0.15, 0.2) is 6.61 Å². The Bertz CT molecular complexity index is 1520. The number of rotatable bonds is 7. The second kappa shape index (κ2) is 10.0. The van der Waals surface area contributed by atoms with E-state index in [9.17, 15) is 28.1 Å². The van der Waals surface area contributed by atoms with Crippen LogP contribution in [-0.4, -0.2) is 37.9 Å². The predicted octanol–water partition coefficient (Wildman–Crippen LogP) is 4.15. The first-order chi connectivity index (χ1) is 17.5. The van der Waals surface area contributed by atoms with Crippen LogP contribution in [0.15, 0.2) is 65.6 Å². The van der Waals surface area contributed by atoms with Gasteiger partial charge in [0.2, 0.25) is 0 Å². The average molecular weight is 524 g/mol. The number of para-hydroxylation sites is 1. The van der Waals surface area contributed by atoms with Crippen LogP contribution in [0.1, 0.15) is 34.0 Å². The van der Waals surface area contributed by atoms with Crippen LogP contribution in [0.4, 0.5) is 17.1 Å². The average Bonchev–Trinajstić information content (AvgIpc) is 3.21. The first-order valence-corrected chi connectivity index (χ1v) is 12.9. The van der Waals surface area contributed by atoms with Gasteiger partial charge in [0.05, 0.1) is 21.1 Å². The summed E-state index contributed by atoms with van der Waals surface area (Å²) < 4.78 is 33.3. The first kappa shape index (κ1) is 25.8. The van der Waals surface area contributed by atoms with E-state index >= 15 is 0 Å². The highest BCUT2D eigenvalue weighted by atomic mass is 32.2. The Hall–Kier alpha value is -4.25. The van der Waals surface area contributed by atoms with E-state index in [0.717, 1.165) is 11.1 Å². The summed E-state index contributed by atoms with van der Waals surface area (Å²) in [6, 6.07) is 15.2. The number of fused-ring (bicyclic) bond motifs is 1. The number of nitrogens with one attached hydrogen (secondary N) is 1. The molecule has 1 aliphatic heterocycles. The van der Waals surface area contributed by atoms with E-state index in [2.05, 4.69) is 5.32 Å². The fraction of sp³-hybridized carbons (Fsp3) is 0.231. The Morgan fingerprint density at radius 1 is 1.08 bits per heavy atom. The molecule has 4 rings (SSSR count). The summed E-state index contributed by atoms with van der Waals surface area (Å²) >= 11 is 0. The molecule has 1 heterocycles. The van der Waals surface area contributed by atoms with Gasteiger partial charge in [0, 0.05) is 12.1 Å². The zero-order valence-electron chi connectivity index (χ0n) is 20.4. The lowest BCUT2D eigenvalue weighted by molar-refractivity contribution is -0.384. The van der Waals surface area contributed by atoms with Crippen LogP contribution in [0.2, 0.25) is 0 Å². The first-order valence-electron chi connectivity index (χ1n) is 11.4. The number of hydrogen-bond acceptors (Lipinski definition) is 7. The quantitative estimate of drug-likeness (QED) is 0.279. The highest BCUT2D eigenvalue weighted by Gasteiger charge is 2.36. The molecule has 3 aromatic rings. The number of nitrogens with zero attached hydrogens (tertiary/aromatic N) is 2. The Labute approximate surface area is 214 Å². The van der Waals surface area contributed by atoms with Crippen molar-refractivity contribution in [3.63, 3.8) is 0 Å². The van der Waals surface area contributed by atoms with Crippen LogP contribution in [0.5, 0.6) is 0 Å². The number of sulfonamides is 1. The van der Waals surface area contributed by atoms with Crippen LogP contribution in [0.25, 0.3) is 0 Å². The normalized spacial score (nSPS) is 14.7. The lowest BCUT2D eigenvalue weighted by atomic mass is 10.1. The molecule has 1 aliphatic rings. The Morgan fingerprint density at radius 2 is 1.78 bits per heavy atom. The SMILES string of the molecule is Cc1cc(NC(=O)COC(=O)c2cccc(S(=O)(=O)N3c4ccccc4C[C@H]3C)c2)c([N+](=O)[O-])cc1C. The molecule has 0 saturated heterocycles. The highest BCUT2D eigenvalue weighted by Crippen LogP contribution is 2.36. The molecule has 0 aromatic heterocycles. The van der Waals surface area contributed by atoms with E-state index in [0.29, 0.717) is 17.7 Å².